The lowest BCUT2D eigenvalue weighted by atomic mass is 10.2. The topological polar surface area (TPSA) is 44.8 Å². The summed E-state index contributed by atoms with van der Waals surface area (Å²) in [5.41, 5.74) is 1.38. The van der Waals surface area contributed by atoms with Crippen LogP contribution in [-0.2, 0) is 11.3 Å². The molecule has 0 aliphatic carbocycles. The monoisotopic (exact) mass is 381 g/mol. The van der Waals surface area contributed by atoms with Gasteiger partial charge in [-0.15, -0.1) is 0 Å². The zero-order valence-electron chi connectivity index (χ0n) is 16.7. The van der Waals surface area contributed by atoms with Crippen molar-refractivity contribution >= 4 is 5.91 Å². The fourth-order valence-electron chi connectivity index (χ4n) is 3.43. The van der Waals surface area contributed by atoms with Crippen LogP contribution >= 0.6 is 0 Å². The van der Waals surface area contributed by atoms with Crippen molar-refractivity contribution in [2.45, 2.75) is 26.0 Å². The molecule has 1 atom stereocenters. The summed E-state index contributed by atoms with van der Waals surface area (Å²) in [4.78, 5) is 17.2. The van der Waals surface area contributed by atoms with Crippen molar-refractivity contribution in [3.63, 3.8) is 0 Å². The third-order valence-electron chi connectivity index (χ3n) is 5.09. The zero-order valence-corrected chi connectivity index (χ0v) is 16.7. The molecule has 2 aromatic rings. The average molecular weight is 382 g/mol. The first kappa shape index (κ1) is 20.4. The molecule has 1 fully saturated rings. The van der Waals surface area contributed by atoms with Gasteiger partial charge < -0.3 is 15.0 Å². The Kier molecular flexibility index (Phi) is 7.88. The number of para-hydroxylation sites is 1. The smallest absolute Gasteiger partial charge is 0.260 e. The van der Waals surface area contributed by atoms with Crippen molar-refractivity contribution < 1.29 is 9.53 Å². The predicted molar refractivity (Wildman–Crippen MR) is 112 cm³/mol. The predicted octanol–water partition coefficient (Wildman–Crippen LogP) is 2.78. The van der Waals surface area contributed by atoms with Gasteiger partial charge in [-0.05, 0) is 37.6 Å². The zero-order chi connectivity index (χ0) is 19.6. The first-order valence-corrected chi connectivity index (χ1v) is 10.2. The van der Waals surface area contributed by atoms with Crippen LogP contribution in [0.3, 0.4) is 0 Å². The van der Waals surface area contributed by atoms with Crippen molar-refractivity contribution in [3.05, 3.63) is 66.2 Å². The lowest BCUT2D eigenvalue weighted by Gasteiger charge is -2.34. The first-order valence-electron chi connectivity index (χ1n) is 10.2. The number of carbonyl (C=O) groups is 1. The van der Waals surface area contributed by atoms with E-state index in [2.05, 4.69) is 45.4 Å². The van der Waals surface area contributed by atoms with Crippen molar-refractivity contribution in [1.29, 1.82) is 0 Å². The van der Waals surface area contributed by atoms with E-state index in [4.69, 9.17) is 4.74 Å². The third kappa shape index (κ3) is 6.66. The van der Waals surface area contributed by atoms with Crippen LogP contribution in [0, 0.1) is 0 Å². The van der Waals surface area contributed by atoms with Gasteiger partial charge in [-0.25, -0.2) is 0 Å². The Balaban J connectivity index is 1.27. The lowest BCUT2D eigenvalue weighted by molar-refractivity contribution is -0.127. The number of ether oxygens (including phenoxy) is 1. The number of amides is 1. The molecule has 1 heterocycles. The lowest BCUT2D eigenvalue weighted by Crippen LogP contribution is -2.46. The normalized spacial score (nSPS) is 16.5. The number of nitrogens with zero attached hydrogens (tertiary/aromatic N) is 2. The number of nitrogens with one attached hydrogen (secondary N) is 1. The van der Waals surface area contributed by atoms with Gasteiger partial charge in [-0.3, -0.25) is 9.69 Å². The highest BCUT2D eigenvalue weighted by atomic mass is 16.5. The third-order valence-corrected chi connectivity index (χ3v) is 5.09. The highest BCUT2D eigenvalue weighted by Gasteiger charge is 2.17. The Hall–Kier alpha value is -2.37. The number of carbonyl (C=O) groups excluding carboxylic acids is 1. The molecule has 1 aliphatic heterocycles. The van der Waals surface area contributed by atoms with Gasteiger partial charge in [-0.2, -0.15) is 0 Å². The van der Waals surface area contributed by atoms with Crippen LogP contribution in [0.15, 0.2) is 60.7 Å². The second-order valence-corrected chi connectivity index (χ2v) is 7.32. The fraction of sp³-hybridized carbons (Fsp3) is 0.435. The molecule has 5 heteroatoms. The summed E-state index contributed by atoms with van der Waals surface area (Å²) < 4.78 is 5.66. The van der Waals surface area contributed by atoms with E-state index in [9.17, 15) is 4.79 Å². The Morgan fingerprint density at radius 1 is 0.964 bits per heavy atom. The first-order chi connectivity index (χ1) is 13.7. The van der Waals surface area contributed by atoms with Gasteiger partial charge in [0.25, 0.3) is 5.91 Å². The van der Waals surface area contributed by atoms with Crippen LogP contribution in [0.5, 0.6) is 5.75 Å². The summed E-state index contributed by atoms with van der Waals surface area (Å²) in [5.74, 6) is 0.662. The molecule has 2 aromatic carbocycles. The number of hydrogen-bond donors (Lipinski definition) is 1. The van der Waals surface area contributed by atoms with E-state index in [1.54, 1.807) is 6.92 Å². The van der Waals surface area contributed by atoms with E-state index in [1.165, 1.54) is 5.56 Å². The van der Waals surface area contributed by atoms with Crippen LogP contribution < -0.4 is 10.1 Å². The van der Waals surface area contributed by atoms with Crippen molar-refractivity contribution in [2.75, 3.05) is 39.3 Å². The van der Waals surface area contributed by atoms with Gasteiger partial charge in [-0.1, -0.05) is 48.5 Å². The number of benzene rings is 2. The SMILES string of the molecule is C[C@H](Oc1ccccc1)C(=O)NCCCN1CCN(Cc2ccccc2)CC1. The molecular formula is C23H31N3O2. The maximum absolute atomic E-state index is 12.2. The van der Waals surface area contributed by atoms with Crippen LogP contribution in [0.4, 0.5) is 0 Å². The summed E-state index contributed by atoms with van der Waals surface area (Å²) in [5, 5.41) is 2.98. The van der Waals surface area contributed by atoms with Crippen LogP contribution in [0.1, 0.15) is 18.9 Å². The van der Waals surface area contributed by atoms with Crippen LogP contribution in [0.25, 0.3) is 0 Å². The maximum Gasteiger partial charge on any atom is 0.260 e. The molecule has 1 saturated heterocycles. The van der Waals surface area contributed by atoms with E-state index in [0.717, 1.165) is 51.4 Å². The molecule has 28 heavy (non-hydrogen) atoms. The van der Waals surface area contributed by atoms with Gasteiger partial charge in [0.15, 0.2) is 6.10 Å². The Morgan fingerprint density at radius 2 is 1.57 bits per heavy atom. The molecule has 0 saturated carbocycles. The van der Waals surface area contributed by atoms with Crippen LogP contribution in [0.2, 0.25) is 0 Å². The molecule has 150 valence electrons. The molecule has 0 unspecified atom stereocenters. The molecule has 1 N–H and O–H groups in total. The summed E-state index contributed by atoms with van der Waals surface area (Å²) in [6, 6.07) is 20.1. The molecular weight excluding hydrogens is 350 g/mol. The van der Waals surface area contributed by atoms with Gasteiger partial charge in [0, 0.05) is 39.3 Å². The van der Waals surface area contributed by atoms with E-state index >= 15 is 0 Å². The number of rotatable bonds is 9. The number of piperazine rings is 1. The highest BCUT2D eigenvalue weighted by molar-refractivity contribution is 5.80. The maximum atomic E-state index is 12.2. The van der Waals surface area contributed by atoms with Crippen LogP contribution in [-0.4, -0.2) is 61.1 Å². The largest absolute Gasteiger partial charge is 0.481 e. The minimum absolute atomic E-state index is 0.0588. The highest BCUT2D eigenvalue weighted by Crippen LogP contribution is 2.11. The minimum Gasteiger partial charge on any atom is -0.481 e. The Labute approximate surface area is 168 Å². The molecule has 5 nitrogen and oxygen atoms in total. The van der Waals surface area contributed by atoms with Gasteiger partial charge in [0.2, 0.25) is 0 Å². The summed E-state index contributed by atoms with van der Waals surface area (Å²) in [6.07, 6.45) is 0.478. The molecule has 0 bridgehead atoms. The second-order valence-electron chi connectivity index (χ2n) is 7.32. The van der Waals surface area contributed by atoms with E-state index in [-0.39, 0.29) is 5.91 Å². The summed E-state index contributed by atoms with van der Waals surface area (Å²) in [6.45, 7) is 8.91. The number of hydrogen-bond acceptors (Lipinski definition) is 4. The van der Waals surface area contributed by atoms with Gasteiger partial charge in [0.1, 0.15) is 5.75 Å². The van der Waals surface area contributed by atoms with Gasteiger partial charge in [0.05, 0.1) is 0 Å². The molecule has 3 rings (SSSR count). The van der Waals surface area contributed by atoms with E-state index < -0.39 is 6.10 Å². The summed E-state index contributed by atoms with van der Waals surface area (Å²) in [7, 11) is 0. The molecule has 1 aliphatic rings. The van der Waals surface area contributed by atoms with Crippen molar-refractivity contribution in [2.24, 2.45) is 0 Å². The Bertz CT molecular complexity index is 700. The van der Waals surface area contributed by atoms with Crippen molar-refractivity contribution in [1.82, 2.24) is 15.1 Å². The van der Waals surface area contributed by atoms with E-state index in [0.29, 0.717) is 6.54 Å². The molecule has 0 radical (unpaired) electrons. The minimum atomic E-state index is -0.482. The standard InChI is InChI=1S/C23H31N3O2/c1-20(28-22-11-6-3-7-12-22)23(27)24-13-8-14-25-15-17-26(18-16-25)19-21-9-4-2-5-10-21/h2-7,9-12,20H,8,13-19H2,1H3,(H,24,27)/t20-/m0/s1. The Morgan fingerprint density at radius 3 is 2.25 bits per heavy atom. The van der Waals surface area contributed by atoms with E-state index in [1.807, 2.05) is 30.3 Å². The fourth-order valence-corrected chi connectivity index (χ4v) is 3.43. The van der Waals surface area contributed by atoms with Crippen molar-refractivity contribution in [3.8, 4) is 5.75 Å². The second kappa shape index (κ2) is 10.8. The molecule has 0 aromatic heterocycles. The summed E-state index contributed by atoms with van der Waals surface area (Å²) >= 11 is 0. The van der Waals surface area contributed by atoms with Gasteiger partial charge >= 0.3 is 0 Å². The quantitative estimate of drug-likeness (QED) is 0.679. The molecule has 1 amide bonds. The molecule has 0 spiro atoms. The average Bonchev–Trinajstić information content (AvgIpc) is 2.73.